The Labute approximate surface area is 254 Å². The van der Waals surface area contributed by atoms with Crippen LogP contribution < -0.4 is 16.8 Å². The highest BCUT2D eigenvalue weighted by molar-refractivity contribution is 5.96. The van der Waals surface area contributed by atoms with E-state index in [1.807, 2.05) is 30.3 Å². The lowest BCUT2D eigenvalue weighted by Gasteiger charge is -2.06. The molecule has 2 aromatic carbocycles. The van der Waals surface area contributed by atoms with Crippen molar-refractivity contribution in [2.75, 3.05) is 0 Å². The van der Waals surface area contributed by atoms with E-state index in [0.717, 1.165) is 34.6 Å². The lowest BCUT2D eigenvalue weighted by molar-refractivity contribution is 0.0687. The predicted octanol–water partition coefficient (Wildman–Crippen LogP) is 3.24. The van der Waals surface area contributed by atoms with E-state index in [1.54, 1.807) is 13.0 Å². The Hall–Kier alpha value is -5.41. The number of hydrogen-bond acceptors (Lipinski definition) is 11. The number of aryl methyl sites for hydroxylation is 2. The number of aromatic carboxylic acids is 1. The highest BCUT2D eigenvalue weighted by Gasteiger charge is 2.20. The van der Waals surface area contributed by atoms with Crippen molar-refractivity contribution in [3.63, 3.8) is 0 Å². The Morgan fingerprint density at radius 2 is 2.00 bits per heavy atom. The van der Waals surface area contributed by atoms with Gasteiger partial charge in [-0.25, -0.2) is 19.6 Å². The Balaban J connectivity index is 0.000000212. The van der Waals surface area contributed by atoms with E-state index < -0.39 is 17.6 Å². The second-order valence-corrected chi connectivity index (χ2v) is 9.56. The minimum atomic E-state index is -1.23. The van der Waals surface area contributed by atoms with Crippen LogP contribution in [0, 0.1) is 6.92 Å². The van der Waals surface area contributed by atoms with Crippen molar-refractivity contribution < 1.29 is 23.6 Å². The fourth-order valence-corrected chi connectivity index (χ4v) is 4.72. The number of amides is 1. The van der Waals surface area contributed by atoms with Crippen molar-refractivity contribution in [1.82, 2.24) is 40.3 Å². The number of carbonyl (C=O) groups excluding carboxylic acids is 1. The van der Waals surface area contributed by atoms with Gasteiger partial charge in [0.2, 0.25) is 0 Å². The Morgan fingerprint density at radius 1 is 1.18 bits per heavy atom. The van der Waals surface area contributed by atoms with Gasteiger partial charge in [-0.15, -0.1) is 17.5 Å². The molecule has 1 aliphatic carbocycles. The first-order chi connectivity index (χ1) is 20.2. The summed E-state index contributed by atoms with van der Waals surface area (Å²) >= 11 is 0. The van der Waals surface area contributed by atoms with Crippen LogP contribution in [-0.4, -0.2) is 51.9 Å². The van der Waals surface area contributed by atoms with Gasteiger partial charge in [0.25, 0.3) is 5.91 Å². The molecule has 5 N–H and O–H groups in total. The van der Waals surface area contributed by atoms with Crippen molar-refractivity contribution >= 4 is 41.0 Å². The maximum Gasteiger partial charge on any atom is 0.439 e. The molecule has 4 heterocycles. The molecule has 44 heavy (non-hydrogen) atoms. The number of rotatable bonds is 5. The third kappa shape index (κ3) is 6.33. The van der Waals surface area contributed by atoms with Gasteiger partial charge in [0, 0.05) is 31.1 Å². The molecule has 0 saturated carbocycles. The first-order valence-electron chi connectivity index (χ1n) is 12.8. The van der Waals surface area contributed by atoms with Crippen LogP contribution in [0.5, 0.6) is 0 Å². The summed E-state index contributed by atoms with van der Waals surface area (Å²) in [5, 5.41) is 22.9. The van der Waals surface area contributed by atoms with Gasteiger partial charge in [-0.05, 0) is 47.7 Å². The number of aromatic nitrogens is 7. The van der Waals surface area contributed by atoms with Gasteiger partial charge in [0.1, 0.15) is 11.2 Å². The third-order valence-electron chi connectivity index (χ3n) is 6.71. The molecule has 0 unspecified atom stereocenters. The van der Waals surface area contributed by atoms with Crippen LogP contribution in [0.1, 0.15) is 63.4 Å². The normalized spacial score (nSPS) is 13.4. The smallest absolute Gasteiger partial charge is 0.439 e. The summed E-state index contributed by atoms with van der Waals surface area (Å²) in [5.74, 6) is -1.24. The maximum absolute atomic E-state index is 12.4. The number of carboxylic acid groups (broad SMARTS) is 1. The monoisotopic (exact) mass is 621 g/mol. The number of carbonyl (C=O) groups is 2. The minimum Gasteiger partial charge on any atom is -0.477 e. The van der Waals surface area contributed by atoms with Gasteiger partial charge in [0.15, 0.2) is 28.6 Å². The second kappa shape index (κ2) is 12.8. The van der Waals surface area contributed by atoms with E-state index in [1.165, 1.54) is 17.3 Å². The van der Waals surface area contributed by atoms with Gasteiger partial charge < -0.3 is 20.6 Å². The minimum absolute atomic E-state index is 0. The van der Waals surface area contributed by atoms with E-state index in [9.17, 15) is 19.5 Å². The molecule has 228 valence electrons. The Kier molecular flexibility index (Phi) is 9.20. The number of nitrogens with two attached hydrogens (primary N) is 1. The SMILES string of the molecule is C.Cc1nc2cc(CNC(=O)c3cc(C(=O)O)n4nncc4n3)ccc2o1.Cl.N[C@H]1CCc2cc(-c3noc(=O)[nH]3)ccc21. The first kappa shape index (κ1) is 31.5. The van der Waals surface area contributed by atoms with Crippen molar-refractivity contribution in [1.29, 1.82) is 0 Å². The molecule has 1 atom stereocenters. The predicted molar refractivity (Wildman–Crippen MR) is 159 cm³/mol. The zero-order valence-corrected chi connectivity index (χ0v) is 23.3. The van der Waals surface area contributed by atoms with Crippen molar-refractivity contribution in [2.45, 2.75) is 39.8 Å². The summed E-state index contributed by atoms with van der Waals surface area (Å²) in [5.41, 5.74) is 11.4. The molecular formula is C28H28ClN9O6. The molecule has 15 nitrogen and oxygen atoms in total. The number of benzene rings is 2. The molecule has 1 amide bonds. The molecule has 4 aromatic heterocycles. The van der Waals surface area contributed by atoms with Crippen molar-refractivity contribution in [2.24, 2.45) is 5.73 Å². The number of carboxylic acids is 1. The summed E-state index contributed by atoms with van der Waals surface area (Å²) in [6.45, 7) is 1.99. The Bertz CT molecular complexity index is 2030. The molecular weight excluding hydrogens is 594 g/mol. The van der Waals surface area contributed by atoms with E-state index >= 15 is 0 Å². The third-order valence-corrected chi connectivity index (χ3v) is 6.71. The number of hydrogen-bond donors (Lipinski definition) is 4. The quantitative estimate of drug-likeness (QED) is 0.218. The zero-order chi connectivity index (χ0) is 29.4. The number of aromatic amines is 1. The molecule has 0 bridgehead atoms. The van der Waals surface area contributed by atoms with Crippen LogP contribution in [0.15, 0.2) is 62.4 Å². The fourth-order valence-electron chi connectivity index (χ4n) is 4.72. The van der Waals surface area contributed by atoms with Crippen molar-refractivity contribution in [3.05, 3.63) is 93.2 Å². The van der Waals surface area contributed by atoms with Gasteiger partial charge in [-0.3, -0.25) is 14.3 Å². The fraction of sp³-hybridized carbons (Fsp3) is 0.214. The average Bonchev–Trinajstić information content (AvgIpc) is 3.77. The highest BCUT2D eigenvalue weighted by atomic mass is 35.5. The van der Waals surface area contributed by atoms with Gasteiger partial charge in [-0.2, -0.15) is 4.52 Å². The summed E-state index contributed by atoms with van der Waals surface area (Å²) in [7, 11) is 0. The molecule has 1 aliphatic rings. The summed E-state index contributed by atoms with van der Waals surface area (Å²) in [6.07, 6.45) is 3.24. The van der Waals surface area contributed by atoms with E-state index in [4.69, 9.17) is 10.2 Å². The molecule has 0 aliphatic heterocycles. The largest absolute Gasteiger partial charge is 0.477 e. The molecule has 0 radical (unpaired) electrons. The summed E-state index contributed by atoms with van der Waals surface area (Å²) < 4.78 is 10.9. The van der Waals surface area contributed by atoms with E-state index in [2.05, 4.69) is 40.3 Å². The summed E-state index contributed by atoms with van der Waals surface area (Å²) in [4.78, 5) is 45.4. The zero-order valence-electron chi connectivity index (χ0n) is 22.5. The Morgan fingerprint density at radius 3 is 2.75 bits per heavy atom. The second-order valence-electron chi connectivity index (χ2n) is 9.56. The lowest BCUT2D eigenvalue weighted by atomic mass is 10.0. The molecule has 7 rings (SSSR count). The molecule has 0 spiro atoms. The van der Waals surface area contributed by atoms with Crippen LogP contribution in [0.2, 0.25) is 0 Å². The number of oxazole rings is 1. The van der Waals surface area contributed by atoms with Gasteiger partial charge >= 0.3 is 11.7 Å². The lowest BCUT2D eigenvalue weighted by Crippen LogP contribution is -2.25. The first-order valence-corrected chi connectivity index (χ1v) is 12.8. The number of nitrogens with one attached hydrogen (secondary N) is 2. The number of halogens is 1. The van der Waals surface area contributed by atoms with Gasteiger partial charge in [0.05, 0.1) is 6.20 Å². The van der Waals surface area contributed by atoms with Crippen LogP contribution in [0.25, 0.3) is 28.1 Å². The molecule has 6 aromatic rings. The van der Waals surface area contributed by atoms with E-state index in [0.29, 0.717) is 22.8 Å². The standard InChI is InChI=1S/C16H12N6O4.C11H11N3O2.CH4.ClH/c1-8-19-10-4-9(2-3-13(10)26-8)6-17-15(23)11-5-12(16(24)25)22-14(20-11)7-18-21-22;12-9-4-2-6-5-7(1-3-8(6)9)10-13-11(15)16-14-10;;/h2-5,7H,6H2,1H3,(H,17,23)(H,24,25);1,3,5,9H,2,4,12H2,(H,13,14,15);1H4;1H/t;9-;;/m.0../s1. The number of fused-ring (bicyclic) bond motifs is 3. The molecule has 16 heteroatoms. The van der Waals surface area contributed by atoms with Crippen LogP contribution >= 0.6 is 12.4 Å². The number of nitrogens with zero attached hydrogens (tertiary/aromatic N) is 6. The summed E-state index contributed by atoms with van der Waals surface area (Å²) in [6, 6.07) is 12.6. The van der Waals surface area contributed by atoms with Crippen LogP contribution in [0.4, 0.5) is 0 Å². The van der Waals surface area contributed by atoms with Crippen molar-refractivity contribution in [3.8, 4) is 11.4 Å². The number of H-pyrrole nitrogens is 1. The van der Waals surface area contributed by atoms with E-state index in [-0.39, 0.29) is 49.5 Å². The van der Waals surface area contributed by atoms with Crippen LogP contribution in [0.3, 0.4) is 0 Å². The topological polar surface area (TPSA) is 220 Å². The van der Waals surface area contributed by atoms with Gasteiger partial charge in [-0.1, -0.05) is 36.0 Å². The molecule has 0 fully saturated rings. The maximum atomic E-state index is 12.4. The highest BCUT2D eigenvalue weighted by Crippen LogP contribution is 2.31. The molecule has 0 saturated heterocycles. The average molecular weight is 622 g/mol. The van der Waals surface area contributed by atoms with Crippen LogP contribution in [-0.2, 0) is 13.0 Å².